The number of nitrogens with two attached hydrogens (primary N) is 1. The number of hydrogen-bond donors (Lipinski definition) is 2. The predicted octanol–water partition coefficient (Wildman–Crippen LogP) is 3.02. The summed E-state index contributed by atoms with van der Waals surface area (Å²) >= 11 is 1.64. The van der Waals surface area contributed by atoms with Crippen molar-refractivity contribution < 1.29 is 0 Å². The second kappa shape index (κ2) is 6.37. The number of thiazole rings is 1. The fraction of sp³-hybridized carbons (Fsp3) is 0.333. The zero-order chi connectivity index (χ0) is 16.5. The number of anilines is 1. The second-order valence-corrected chi connectivity index (χ2v) is 7.34. The minimum atomic E-state index is 0.706. The number of aryl methyl sites for hydroxylation is 1. The molecule has 1 aliphatic rings. The summed E-state index contributed by atoms with van der Waals surface area (Å²) in [5, 5.41) is 0.706. The van der Waals surface area contributed by atoms with Crippen molar-refractivity contribution in [3.05, 3.63) is 46.2 Å². The van der Waals surface area contributed by atoms with Crippen LogP contribution in [0.15, 0.2) is 24.3 Å². The number of nitrogens with one attached hydrogen (secondary N) is 1. The fourth-order valence-electron chi connectivity index (χ4n) is 3.21. The van der Waals surface area contributed by atoms with E-state index in [0.29, 0.717) is 5.13 Å². The van der Waals surface area contributed by atoms with Gasteiger partial charge in [-0.15, -0.1) is 11.3 Å². The molecule has 0 bridgehead atoms. The molecule has 1 aliphatic heterocycles. The third kappa shape index (κ3) is 3.20. The van der Waals surface area contributed by atoms with Crippen LogP contribution in [0.5, 0.6) is 0 Å². The van der Waals surface area contributed by atoms with Crippen molar-refractivity contribution in [1.29, 1.82) is 0 Å². The zero-order valence-corrected chi connectivity index (χ0v) is 14.6. The molecular formula is C18H21N5S. The third-order valence-electron chi connectivity index (χ3n) is 4.41. The van der Waals surface area contributed by atoms with E-state index in [9.17, 15) is 0 Å². The quantitative estimate of drug-likeness (QED) is 0.769. The van der Waals surface area contributed by atoms with Crippen LogP contribution in [0.1, 0.15) is 22.0 Å². The van der Waals surface area contributed by atoms with E-state index >= 15 is 0 Å². The third-order valence-corrected chi connectivity index (χ3v) is 5.40. The minimum absolute atomic E-state index is 0.706. The van der Waals surface area contributed by atoms with Crippen LogP contribution in [0, 0.1) is 6.92 Å². The van der Waals surface area contributed by atoms with E-state index in [-0.39, 0.29) is 0 Å². The lowest BCUT2D eigenvalue weighted by Gasteiger charge is -2.17. The van der Waals surface area contributed by atoms with E-state index in [0.717, 1.165) is 49.3 Å². The Kier molecular flexibility index (Phi) is 4.08. The molecule has 0 unspecified atom stereocenters. The van der Waals surface area contributed by atoms with Gasteiger partial charge in [0.15, 0.2) is 5.13 Å². The van der Waals surface area contributed by atoms with Gasteiger partial charge in [0, 0.05) is 30.9 Å². The summed E-state index contributed by atoms with van der Waals surface area (Å²) in [5.41, 5.74) is 10.3. The van der Waals surface area contributed by atoms with Gasteiger partial charge in [-0.05, 0) is 31.0 Å². The lowest BCUT2D eigenvalue weighted by atomic mass is 10.2. The number of hydrogen-bond acceptors (Lipinski definition) is 5. The molecule has 0 spiro atoms. The van der Waals surface area contributed by atoms with E-state index in [1.165, 1.54) is 16.1 Å². The molecule has 0 saturated carbocycles. The molecule has 3 heterocycles. The molecule has 0 amide bonds. The summed E-state index contributed by atoms with van der Waals surface area (Å²) in [6, 6.07) is 6.34. The first-order valence-electron chi connectivity index (χ1n) is 8.27. The molecular weight excluding hydrogens is 318 g/mol. The molecule has 0 saturated heterocycles. The molecule has 3 N–H and O–H groups in total. The highest BCUT2D eigenvalue weighted by molar-refractivity contribution is 7.15. The number of benzene rings is 1. The van der Waals surface area contributed by atoms with Crippen LogP contribution in [0.3, 0.4) is 0 Å². The lowest BCUT2D eigenvalue weighted by Crippen LogP contribution is -2.26. The molecule has 3 aromatic rings. The maximum Gasteiger partial charge on any atom is 0.180 e. The summed E-state index contributed by atoms with van der Waals surface area (Å²) in [6.07, 6.45) is 6.48. The van der Waals surface area contributed by atoms with Crippen molar-refractivity contribution in [3.8, 4) is 0 Å². The van der Waals surface area contributed by atoms with E-state index in [4.69, 9.17) is 5.73 Å². The number of nitrogens with zero attached hydrogens (tertiary/aromatic N) is 3. The van der Waals surface area contributed by atoms with Crippen molar-refractivity contribution in [2.24, 2.45) is 0 Å². The Bertz CT molecular complexity index is 867. The molecule has 1 aromatic carbocycles. The SMILES string of the molecule is Cc1nc2ccc(C=CCN3CCc4nc(N)sc4CC3)cc2[nH]1. The van der Waals surface area contributed by atoms with E-state index < -0.39 is 0 Å². The van der Waals surface area contributed by atoms with Crippen molar-refractivity contribution in [1.82, 2.24) is 19.9 Å². The summed E-state index contributed by atoms with van der Waals surface area (Å²) in [4.78, 5) is 16.0. The van der Waals surface area contributed by atoms with Crippen molar-refractivity contribution in [2.45, 2.75) is 19.8 Å². The van der Waals surface area contributed by atoms with Crippen molar-refractivity contribution in [2.75, 3.05) is 25.4 Å². The van der Waals surface area contributed by atoms with Gasteiger partial charge in [-0.25, -0.2) is 9.97 Å². The highest BCUT2D eigenvalue weighted by Crippen LogP contribution is 2.24. The van der Waals surface area contributed by atoms with Gasteiger partial charge in [-0.3, -0.25) is 4.90 Å². The Hall–Kier alpha value is -2.18. The molecule has 0 atom stereocenters. The molecule has 0 fully saturated rings. The molecule has 24 heavy (non-hydrogen) atoms. The van der Waals surface area contributed by atoms with Crippen LogP contribution >= 0.6 is 11.3 Å². The summed E-state index contributed by atoms with van der Waals surface area (Å²) in [7, 11) is 0. The summed E-state index contributed by atoms with van der Waals surface area (Å²) in [5.74, 6) is 0.956. The second-order valence-electron chi connectivity index (χ2n) is 6.22. The summed E-state index contributed by atoms with van der Waals surface area (Å²) in [6.45, 7) is 5.05. The van der Waals surface area contributed by atoms with Gasteiger partial charge in [-0.2, -0.15) is 0 Å². The monoisotopic (exact) mass is 339 g/mol. The average Bonchev–Trinajstić information content (AvgIpc) is 3.04. The first kappa shape index (κ1) is 15.4. The molecule has 124 valence electrons. The Morgan fingerprint density at radius 2 is 2.17 bits per heavy atom. The number of H-pyrrole nitrogens is 1. The number of imidazole rings is 1. The molecule has 0 aliphatic carbocycles. The van der Waals surface area contributed by atoms with Crippen molar-refractivity contribution >= 4 is 33.6 Å². The minimum Gasteiger partial charge on any atom is -0.375 e. The molecule has 5 nitrogen and oxygen atoms in total. The fourth-order valence-corrected chi connectivity index (χ4v) is 4.08. The van der Waals surface area contributed by atoms with Crippen molar-refractivity contribution in [3.63, 3.8) is 0 Å². The van der Waals surface area contributed by atoms with Gasteiger partial charge < -0.3 is 10.7 Å². The van der Waals surface area contributed by atoms with E-state index in [2.05, 4.69) is 50.2 Å². The average molecular weight is 339 g/mol. The van der Waals surface area contributed by atoms with Crippen LogP contribution in [-0.2, 0) is 12.8 Å². The molecule has 4 rings (SSSR count). The number of aromatic nitrogens is 3. The molecule has 0 radical (unpaired) electrons. The van der Waals surface area contributed by atoms with Gasteiger partial charge in [0.2, 0.25) is 0 Å². The van der Waals surface area contributed by atoms with Crippen LogP contribution < -0.4 is 5.73 Å². The number of fused-ring (bicyclic) bond motifs is 2. The number of aromatic amines is 1. The largest absolute Gasteiger partial charge is 0.375 e. The topological polar surface area (TPSA) is 70.8 Å². The smallest absolute Gasteiger partial charge is 0.180 e. The normalized spacial score (nSPS) is 15.9. The predicted molar refractivity (Wildman–Crippen MR) is 100 cm³/mol. The van der Waals surface area contributed by atoms with Crippen LogP contribution in [0.2, 0.25) is 0 Å². The van der Waals surface area contributed by atoms with Gasteiger partial charge in [0.05, 0.1) is 16.7 Å². The van der Waals surface area contributed by atoms with Crippen LogP contribution in [0.4, 0.5) is 5.13 Å². The molecule has 2 aromatic heterocycles. The van der Waals surface area contributed by atoms with Crippen LogP contribution in [0.25, 0.3) is 17.1 Å². The van der Waals surface area contributed by atoms with Crippen LogP contribution in [-0.4, -0.2) is 39.5 Å². The molecule has 6 heteroatoms. The Morgan fingerprint density at radius 1 is 1.29 bits per heavy atom. The maximum absolute atomic E-state index is 5.81. The highest BCUT2D eigenvalue weighted by atomic mass is 32.1. The highest BCUT2D eigenvalue weighted by Gasteiger charge is 2.16. The lowest BCUT2D eigenvalue weighted by molar-refractivity contribution is 0.318. The van der Waals surface area contributed by atoms with Gasteiger partial charge in [0.25, 0.3) is 0 Å². The number of nitrogen functional groups attached to an aromatic ring is 1. The first-order chi connectivity index (χ1) is 11.7. The maximum atomic E-state index is 5.81. The van der Waals surface area contributed by atoms with Gasteiger partial charge in [0.1, 0.15) is 5.82 Å². The standard InChI is InChI=1S/C18H21N5S/c1-12-20-14-5-4-13(11-16(14)21-12)3-2-8-23-9-6-15-17(7-10-23)24-18(19)22-15/h2-5,11H,6-10H2,1H3,(H2,19,22)(H,20,21). The van der Waals surface area contributed by atoms with E-state index in [1.54, 1.807) is 11.3 Å². The van der Waals surface area contributed by atoms with Gasteiger partial charge in [-0.1, -0.05) is 18.2 Å². The van der Waals surface area contributed by atoms with Gasteiger partial charge >= 0.3 is 0 Å². The Balaban J connectivity index is 1.39. The number of rotatable bonds is 3. The summed E-state index contributed by atoms with van der Waals surface area (Å²) < 4.78 is 0. The Labute approximate surface area is 145 Å². The Morgan fingerprint density at radius 3 is 3.08 bits per heavy atom. The first-order valence-corrected chi connectivity index (χ1v) is 9.08. The zero-order valence-electron chi connectivity index (χ0n) is 13.7. The van der Waals surface area contributed by atoms with E-state index in [1.807, 2.05) is 6.92 Å².